The molecule has 58 heavy (non-hydrogen) atoms. The van der Waals surface area contributed by atoms with Crippen LogP contribution in [0.3, 0.4) is 0 Å². The highest BCUT2D eigenvalue weighted by molar-refractivity contribution is 7.89. The van der Waals surface area contributed by atoms with Crippen molar-refractivity contribution in [2.45, 2.75) is 82.2 Å². The second kappa shape index (κ2) is 19.1. The number of Topliss-reactive ketones (excluding diaryl/α,β-unsaturated/α-hetero) is 1. The van der Waals surface area contributed by atoms with Crippen LogP contribution in [0.1, 0.15) is 75.5 Å². The number of aliphatic imine (C=N–C) groups is 1. The second-order valence-electron chi connectivity index (χ2n) is 15.1. The Balaban J connectivity index is 0.000000240. The molecule has 0 bridgehead atoms. The van der Waals surface area contributed by atoms with Crippen molar-refractivity contribution in [3.63, 3.8) is 0 Å². The minimum absolute atomic E-state index is 0.0641. The van der Waals surface area contributed by atoms with Gasteiger partial charge in [0.05, 0.1) is 16.6 Å². The maximum atomic E-state index is 13.5. The molecule has 1 fully saturated rings. The number of amides is 1. The largest absolute Gasteiger partial charge is 0.507 e. The Morgan fingerprint density at radius 3 is 2.41 bits per heavy atom. The number of nitrogens with one attached hydrogen (secondary N) is 2. The molecule has 6 rings (SSSR count). The van der Waals surface area contributed by atoms with E-state index in [2.05, 4.69) is 22.0 Å². The van der Waals surface area contributed by atoms with Crippen LogP contribution in [0.25, 0.3) is 11.0 Å². The van der Waals surface area contributed by atoms with Crippen LogP contribution in [0.4, 0.5) is 5.69 Å². The number of hydrogen-bond acceptors (Lipinski definition) is 10. The van der Waals surface area contributed by atoms with Gasteiger partial charge in [-0.25, -0.2) is 18.0 Å². The van der Waals surface area contributed by atoms with Crippen LogP contribution in [0, 0.1) is 11.8 Å². The van der Waals surface area contributed by atoms with Gasteiger partial charge in [0.25, 0.3) is 0 Å². The first-order valence-corrected chi connectivity index (χ1v) is 20.8. The van der Waals surface area contributed by atoms with E-state index in [1.807, 2.05) is 43.3 Å². The monoisotopic (exact) mass is 816 g/mol. The lowest BCUT2D eigenvalue weighted by molar-refractivity contribution is -0.153. The minimum atomic E-state index is -4.10. The number of ketones is 1. The number of guanidine groups is 1. The zero-order valence-electron chi connectivity index (χ0n) is 32.9. The SMILES string of the molecule is CC(=O)CC(c1ccccc1)c1c(O)c2ccccc2oc1=O.CC1CNc2c(cccc2S(=O)(=O)N[C@@H](CCCN=C(N)N)C(=O)N2CC[C@@H](C)C[C@@H]2C(=O)O)C1. The number of hydrogen-bond donors (Lipinski definition) is 6. The third-order valence-electron chi connectivity index (χ3n) is 10.4. The lowest BCUT2D eigenvalue weighted by Crippen LogP contribution is -2.56. The number of piperidine rings is 1. The van der Waals surface area contributed by atoms with Crippen molar-refractivity contribution >= 4 is 50.3 Å². The number of likely N-dealkylation sites (tertiary alicyclic amines) is 1. The average molecular weight is 817 g/mol. The Bertz CT molecular complexity index is 2310. The minimum Gasteiger partial charge on any atom is -0.507 e. The molecule has 0 aliphatic carbocycles. The first kappa shape index (κ1) is 43.4. The van der Waals surface area contributed by atoms with Gasteiger partial charge in [0, 0.05) is 32.0 Å². The highest BCUT2D eigenvalue weighted by Crippen LogP contribution is 2.36. The predicted molar refractivity (Wildman–Crippen MR) is 221 cm³/mol. The van der Waals surface area contributed by atoms with Gasteiger partial charge in [-0.3, -0.25) is 14.6 Å². The maximum Gasteiger partial charge on any atom is 0.343 e. The first-order chi connectivity index (χ1) is 27.6. The number of aliphatic carboxylic acids is 1. The zero-order chi connectivity index (χ0) is 42.1. The molecule has 1 saturated heterocycles. The molecule has 310 valence electrons. The Morgan fingerprint density at radius 1 is 1.02 bits per heavy atom. The Morgan fingerprint density at radius 2 is 1.72 bits per heavy atom. The maximum absolute atomic E-state index is 13.5. The number of nitrogens with two attached hydrogens (primary N) is 2. The van der Waals surface area contributed by atoms with Crippen LogP contribution in [-0.4, -0.2) is 78.9 Å². The molecular formula is C42H52N6O9S. The number of carbonyl (C=O) groups is 3. The topological polar surface area (TPSA) is 248 Å². The number of carbonyl (C=O) groups excluding carboxylic acids is 2. The third kappa shape index (κ3) is 10.6. The summed E-state index contributed by atoms with van der Waals surface area (Å²) in [5, 5.41) is 24.0. The molecule has 2 aliphatic heterocycles. The fourth-order valence-corrected chi connectivity index (χ4v) is 8.99. The Kier molecular flexibility index (Phi) is 14.3. The molecule has 1 amide bonds. The van der Waals surface area contributed by atoms with E-state index in [0.717, 1.165) is 17.5 Å². The molecule has 0 saturated carbocycles. The molecular weight excluding hydrogens is 765 g/mol. The quantitative estimate of drug-likeness (QED) is 0.0478. The molecule has 0 radical (unpaired) electrons. The number of anilines is 1. The van der Waals surface area contributed by atoms with E-state index in [9.17, 15) is 37.8 Å². The lowest BCUT2D eigenvalue weighted by Gasteiger charge is -2.38. The van der Waals surface area contributed by atoms with E-state index in [1.165, 1.54) is 17.9 Å². The highest BCUT2D eigenvalue weighted by Gasteiger charge is 2.39. The molecule has 5 atom stereocenters. The zero-order valence-corrected chi connectivity index (χ0v) is 33.7. The van der Waals surface area contributed by atoms with Crippen molar-refractivity contribution in [2.24, 2.45) is 28.3 Å². The molecule has 8 N–H and O–H groups in total. The molecule has 1 aromatic heterocycles. The van der Waals surface area contributed by atoms with Gasteiger partial charge in [-0.2, -0.15) is 4.72 Å². The summed E-state index contributed by atoms with van der Waals surface area (Å²) < 4.78 is 34.9. The van der Waals surface area contributed by atoms with Crippen LogP contribution >= 0.6 is 0 Å². The van der Waals surface area contributed by atoms with Gasteiger partial charge in [-0.05, 0) is 80.2 Å². The van der Waals surface area contributed by atoms with Crippen LogP contribution in [0.15, 0.2) is 91.9 Å². The lowest BCUT2D eigenvalue weighted by atomic mass is 9.87. The Labute approximate surface area is 337 Å². The fourth-order valence-electron chi connectivity index (χ4n) is 7.54. The van der Waals surface area contributed by atoms with Crippen molar-refractivity contribution in [3.05, 3.63) is 99.9 Å². The third-order valence-corrected chi connectivity index (χ3v) is 11.9. The molecule has 3 heterocycles. The van der Waals surface area contributed by atoms with Gasteiger partial charge in [-0.1, -0.05) is 68.4 Å². The first-order valence-electron chi connectivity index (χ1n) is 19.3. The predicted octanol–water partition coefficient (Wildman–Crippen LogP) is 4.31. The van der Waals surface area contributed by atoms with Crippen LogP contribution < -0.4 is 27.1 Å². The van der Waals surface area contributed by atoms with E-state index in [-0.39, 0.29) is 59.8 Å². The van der Waals surface area contributed by atoms with E-state index < -0.39 is 45.5 Å². The second-order valence-corrected chi connectivity index (χ2v) is 16.8. The number of fused-ring (bicyclic) bond motifs is 2. The molecule has 3 aromatic carbocycles. The number of benzene rings is 3. The summed E-state index contributed by atoms with van der Waals surface area (Å²) in [6, 6.07) is 18.9. The summed E-state index contributed by atoms with van der Waals surface area (Å²) in [6.45, 7) is 6.61. The van der Waals surface area contributed by atoms with Crippen LogP contribution in [0.5, 0.6) is 5.75 Å². The number of para-hydroxylation sites is 2. The summed E-state index contributed by atoms with van der Waals surface area (Å²) in [4.78, 5) is 54.8. The van der Waals surface area contributed by atoms with Gasteiger partial charge in [0.15, 0.2) is 5.96 Å². The van der Waals surface area contributed by atoms with Gasteiger partial charge in [0.1, 0.15) is 34.1 Å². The van der Waals surface area contributed by atoms with Gasteiger partial charge >= 0.3 is 11.6 Å². The number of aromatic hydroxyl groups is 1. The smallest absolute Gasteiger partial charge is 0.343 e. The van der Waals surface area contributed by atoms with Crippen molar-refractivity contribution in [1.82, 2.24) is 9.62 Å². The summed E-state index contributed by atoms with van der Waals surface area (Å²) in [5.74, 6) is -1.94. The van der Waals surface area contributed by atoms with Crippen molar-refractivity contribution < 1.29 is 37.4 Å². The summed E-state index contributed by atoms with van der Waals surface area (Å²) in [5.41, 5.74) is 12.8. The standard InChI is InChI=1S/C23H36N6O5S.C19H16O4/c1-14-8-10-29(18(12-14)22(31)32)21(30)17(6-4-9-26-23(24)25)28-35(33,34)19-7-3-5-16-11-15(2)13-27-20(16)19;1-12(20)11-15(13-7-3-2-4-8-13)17-18(21)14-9-5-6-10-16(14)23-19(17)22/h3,5,7,14-15,17-18,27-28H,4,6,8-13H2,1-2H3,(H,31,32)(H4,24,25,26);2-10,15,21H,11H2,1H3/t14-,15?,17+,18-;/m1./s1. The summed E-state index contributed by atoms with van der Waals surface area (Å²) in [6.07, 6.45) is 2.30. The number of rotatable bonds is 13. The van der Waals surface area contributed by atoms with Gasteiger partial charge in [-0.15, -0.1) is 0 Å². The van der Waals surface area contributed by atoms with E-state index >= 15 is 0 Å². The summed E-state index contributed by atoms with van der Waals surface area (Å²) in [7, 11) is -4.10. The van der Waals surface area contributed by atoms with Gasteiger partial charge in [0.2, 0.25) is 15.9 Å². The number of carboxylic acid groups (broad SMARTS) is 1. The molecule has 15 nitrogen and oxygen atoms in total. The number of nitrogens with zero attached hydrogens (tertiary/aromatic N) is 2. The van der Waals surface area contributed by atoms with E-state index in [1.54, 1.807) is 30.3 Å². The highest BCUT2D eigenvalue weighted by atomic mass is 32.2. The van der Waals surface area contributed by atoms with Crippen LogP contribution in [-0.2, 0) is 30.8 Å². The average Bonchev–Trinajstić information content (AvgIpc) is 3.18. The van der Waals surface area contributed by atoms with Crippen molar-refractivity contribution in [1.29, 1.82) is 0 Å². The number of sulfonamides is 1. The van der Waals surface area contributed by atoms with E-state index in [0.29, 0.717) is 48.4 Å². The Hall–Kier alpha value is -5.74. The molecule has 2 unspecified atom stereocenters. The van der Waals surface area contributed by atoms with Crippen molar-refractivity contribution in [2.75, 3.05) is 25.0 Å². The summed E-state index contributed by atoms with van der Waals surface area (Å²) >= 11 is 0. The number of carboxylic acids is 1. The van der Waals surface area contributed by atoms with Gasteiger partial charge < -0.3 is 36.3 Å². The van der Waals surface area contributed by atoms with E-state index in [4.69, 9.17) is 15.9 Å². The van der Waals surface area contributed by atoms with Crippen molar-refractivity contribution in [3.8, 4) is 5.75 Å². The molecule has 4 aromatic rings. The van der Waals surface area contributed by atoms with Crippen LogP contribution in [0.2, 0.25) is 0 Å². The normalized spacial score (nSPS) is 18.7. The molecule has 16 heteroatoms. The molecule has 2 aliphatic rings. The molecule has 0 spiro atoms. The fraction of sp³-hybridized carbons (Fsp3) is 0.405.